The maximum Gasteiger partial charge on any atom is 0.417 e. The normalized spacial score (nSPS) is 17.1. The first-order valence-corrected chi connectivity index (χ1v) is 6.75. The summed E-state index contributed by atoms with van der Waals surface area (Å²) in [4.78, 5) is 3.82. The van der Waals surface area contributed by atoms with Gasteiger partial charge in [-0.3, -0.25) is 4.98 Å². The molecule has 0 radical (unpaired) electrons. The molecule has 0 aromatic carbocycles. The molecule has 2 aromatic heterocycles. The van der Waals surface area contributed by atoms with E-state index >= 15 is 0 Å². The highest BCUT2D eigenvalue weighted by molar-refractivity contribution is 5.54. The predicted molar refractivity (Wildman–Crippen MR) is 69.6 cm³/mol. The van der Waals surface area contributed by atoms with Gasteiger partial charge in [0, 0.05) is 18.2 Å². The van der Waals surface area contributed by atoms with Gasteiger partial charge in [-0.05, 0) is 38.1 Å². The summed E-state index contributed by atoms with van der Waals surface area (Å²) < 4.78 is 42.8. The highest BCUT2D eigenvalue weighted by Gasteiger charge is 2.30. The monoisotopic (exact) mass is 297 g/mol. The fourth-order valence-electron chi connectivity index (χ4n) is 2.42. The molecule has 3 heterocycles. The molecule has 7 heteroatoms. The fourth-order valence-corrected chi connectivity index (χ4v) is 2.42. The molecular formula is C14H14F3N3O. The van der Waals surface area contributed by atoms with E-state index < -0.39 is 11.7 Å². The van der Waals surface area contributed by atoms with E-state index in [4.69, 9.17) is 4.52 Å². The Morgan fingerprint density at radius 3 is 2.52 bits per heavy atom. The van der Waals surface area contributed by atoms with E-state index in [-0.39, 0.29) is 0 Å². The Morgan fingerprint density at radius 2 is 1.90 bits per heavy atom. The number of nitrogens with one attached hydrogen (secondary N) is 1. The first-order valence-electron chi connectivity index (χ1n) is 6.75. The second kappa shape index (κ2) is 5.48. The van der Waals surface area contributed by atoms with Crippen LogP contribution in [0, 0.1) is 0 Å². The van der Waals surface area contributed by atoms with Gasteiger partial charge >= 0.3 is 6.18 Å². The number of hydrogen-bond donors (Lipinski definition) is 1. The molecule has 0 bridgehead atoms. The van der Waals surface area contributed by atoms with Crippen molar-refractivity contribution in [2.45, 2.75) is 24.9 Å². The summed E-state index contributed by atoms with van der Waals surface area (Å²) >= 11 is 0. The minimum atomic E-state index is -4.38. The predicted octanol–water partition coefficient (Wildman–Crippen LogP) is 3.22. The number of piperidine rings is 1. The largest absolute Gasteiger partial charge is 0.417 e. The Kier molecular flexibility index (Phi) is 3.67. The number of aromatic nitrogens is 2. The standard InChI is InChI=1S/C14H14F3N3O/c15-14(16,17)10-1-2-11(19-8-10)12-7-13(21-20-12)9-3-5-18-6-4-9/h1-2,7-9,18H,3-6H2. The van der Waals surface area contributed by atoms with Gasteiger partial charge in [-0.25, -0.2) is 0 Å². The van der Waals surface area contributed by atoms with Crippen LogP contribution in [-0.4, -0.2) is 23.2 Å². The lowest BCUT2D eigenvalue weighted by atomic mass is 9.95. The third-order valence-corrected chi connectivity index (χ3v) is 3.62. The van der Waals surface area contributed by atoms with Gasteiger partial charge in [0.05, 0.1) is 11.3 Å². The minimum absolute atomic E-state index is 0.307. The number of halogens is 3. The SMILES string of the molecule is FC(F)(F)c1ccc(-c2cc(C3CCNCC3)on2)nc1. The summed E-state index contributed by atoms with van der Waals surface area (Å²) in [6.45, 7) is 1.86. The first kappa shape index (κ1) is 14.1. The highest BCUT2D eigenvalue weighted by atomic mass is 19.4. The molecule has 0 atom stereocenters. The lowest BCUT2D eigenvalue weighted by Gasteiger charge is -2.19. The van der Waals surface area contributed by atoms with Crippen LogP contribution in [0.4, 0.5) is 13.2 Å². The molecule has 1 aliphatic rings. The fraction of sp³-hybridized carbons (Fsp3) is 0.429. The van der Waals surface area contributed by atoms with Crippen molar-refractivity contribution in [1.29, 1.82) is 0 Å². The number of hydrogen-bond acceptors (Lipinski definition) is 4. The van der Waals surface area contributed by atoms with Crippen molar-refractivity contribution >= 4 is 0 Å². The summed E-state index contributed by atoms with van der Waals surface area (Å²) in [7, 11) is 0. The molecule has 1 aliphatic heterocycles. The lowest BCUT2D eigenvalue weighted by Crippen LogP contribution is -2.26. The molecule has 0 spiro atoms. The van der Waals surface area contributed by atoms with Gasteiger partial charge in [0.15, 0.2) is 0 Å². The second-order valence-corrected chi connectivity index (χ2v) is 5.07. The molecule has 1 N–H and O–H groups in total. The molecule has 4 nitrogen and oxygen atoms in total. The van der Waals surface area contributed by atoms with Crippen molar-refractivity contribution in [1.82, 2.24) is 15.5 Å². The molecule has 0 unspecified atom stereocenters. The van der Waals surface area contributed by atoms with Gasteiger partial charge in [0.25, 0.3) is 0 Å². The number of rotatable bonds is 2. The van der Waals surface area contributed by atoms with Crippen LogP contribution in [0.25, 0.3) is 11.4 Å². The molecular weight excluding hydrogens is 283 g/mol. The van der Waals surface area contributed by atoms with Gasteiger partial charge in [-0.1, -0.05) is 5.16 Å². The average molecular weight is 297 g/mol. The second-order valence-electron chi connectivity index (χ2n) is 5.07. The summed E-state index contributed by atoms with van der Waals surface area (Å²) in [5, 5.41) is 7.18. The van der Waals surface area contributed by atoms with Crippen LogP contribution in [0.2, 0.25) is 0 Å². The van der Waals surface area contributed by atoms with Gasteiger partial charge in [0.1, 0.15) is 11.5 Å². The van der Waals surface area contributed by atoms with Crippen molar-refractivity contribution in [3.63, 3.8) is 0 Å². The summed E-state index contributed by atoms with van der Waals surface area (Å²) in [6, 6.07) is 4.08. The van der Waals surface area contributed by atoms with E-state index in [1.54, 1.807) is 6.07 Å². The Labute approximate surface area is 119 Å². The van der Waals surface area contributed by atoms with E-state index in [9.17, 15) is 13.2 Å². The summed E-state index contributed by atoms with van der Waals surface area (Å²) in [5.74, 6) is 1.08. The summed E-state index contributed by atoms with van der Waals surface area (Å²) in [5.41, 5.74) is 0.0810. The molecule has 3 rings (SSSR count). The van der Waals surface area contributed by atoms with Gasteiger partial charge < -0.3 is 9.84 Å². The van der Waals surface area contributed by atoms with E-state index in [1.165, 1.54) is 6.07 Å². The van der Waals surface area contributed by atoms with Crippen molar-refractivity contribution < 1.29 is 17.7 Å². The zero-order chi connectivity index (χ0) is 14.9. The molecule has 0 aliphatic carbocycles. The number of nitrogens with zero attached hydrogens (tertiary/aromatic N) is 2. The Hall–Kier alpha value is -1.89. The number of pyridine rings is 1. The molecule has 0 saturated carbocycles. The quantitative estimate of drug-likeness (QED) is 0.924. The third kappa shape index (κ3) is 3.07. The zero-order valence-electron chi connectivity index (χ0n) is 11.2. The van der Waals surface area contributed by atoms with Crippen LogP contribution in [0.5, 0.6) is 0 Å². The molecule has 1 fully saturated rings. The van der Waals surface area contributed by atoms with Crippen LogP contribution < -0.4 is 5.32 Å². The van der Waals surface area contributed by atoms with Crippen molar-refractivity contribution in [2.24, 2.45) is 0 Å². The van der Waals surface area contributed by atoms with Gasteiger partial charge in [-0.2, -0.15) is 13.2 Å². The van der Waals surface area contributed by atoms with Crippen molar-refractivity contribution in [3.05, 3.63) is 35.7 Å². The topological polar surface area (TPSA) is 51.0 Å². The molecule has 112 valence electrons. The lowest BCUT2D eigenvalue weighted by molar-refractivity contribution is -0.137. The first-order chi connectivity index (χ1) is 10.0. The van der Waals surface area contributed by atoms with Crippen LogP contribution >= 0.6 is 0 Å². The molecule has 21 heavy (non-hydrogen) atoms. The molecule has 2 aromatic rings. The van der Waals surface area contributed by atoms with E-state index in [0.717, 1.165) is 44.0 Å². The molecule has 1 saturated heterocycles. The van der Waals surface area contributed by atoms with Crippen LogP contribution in [0.1, 0.15) is 30.1 Å². The van der Waals surface area contributed by atoms with Crippen molar-refractivity contribution in [3.8, 4) is 11.4 Å². The van der Waals surface area contributed by atoms with Crippen LogP contribution in [0.15, 0.2) is 28.9 Å². The average Bonchev–Trinajstić information content (AvgIpc) is 2.97. The van der Waals surface area contributed by atoms with Gasteiger partial charge in [-0.15, -0.1) is 0 Å². The maximum atomic E-state index is 12.5. The van der Waals surface area contributed by atoms with E-state index in [1.807, 2.05) is 0 Å². The summed E-state index contributed by atoms with van der Waals surface area (Å²) in [6.07, 6.45) is -1.63. The minimum Gasteiger partial charge on any atom is -0.360 e. The smallest absolute Gasteiger partial charge is 0.360 e. The third-order valence-electron chi connectivity index (χ3n) is 3.62. The van der Waals surface area contributed by atoms with Gasteiger partial charge in [0.2, 0.25) is 0 Å². The zero-order valence-corrected chi connectivity index (χ0v) is 11.2. The maximum absolute atomic E-state index is 12.5. The van der Waals surface area contributed by atoms with Crippen LogP contribution in [-0.2, 0) is 6.18 Å². The Balaban J connectivity index is 1.79. The highest BCUT2D eigenvalue weighted by Crippen LogP contribution is 2.31. The Morgan fingerprint density at radius 1 is 1.14 bits per heavy atom. The van der Waals surface area contributed by atoms with Crippen molar-refractivity contribution in [2.75, 3.05) is 13.1 Å². The van der Waals surface area contributed by atoms with Crippen LogP contribution in [0.3, 0.4) is 0 Å². The molecule has 0 amide bonds. The van der Waals surface area contributed by atoms with E-state index in [0.29, 0.717) is 17.3 Å². The number of alkyl halides is 3. The van der Waals surface area contributed by atoms with E-state index in [2.05, 4.69) is 15.5 Å². The Bertz CT molecular complexity index is 601.